The van der Waals surface area contributed by atoms with Crippen LogP contribution < -0.4 is 11.1 Å². The first-order valence-corrected chi connectivity index (χ1v) is 7.83. The molecule has 1 aromatic heterocycles. The van der Waals surface area contributed by atoms with Gasteiger partial charge in [0.15, 0.2) is 0 Å². The molecule has 0 aliphatic heterocycles. The zero-order valence-corrected chi connectivity index (χ0v) is 13.8. The summed E-state index contributed by atoms with van der Waals surface area (Å²) in [6, 6.07) is 10.1. The van der Waals surface area contributed by atoms with E-state index in [1.54, 1.807) is 6.20 Å². The second kappa shape index (κ2) is 8.13. The molecule has 1 amide bonds. The first kappa shape index (κ1) is 17.5. The van der Waals surface area contributed by atoms with Crippen molar-refractivity contribution in [2.75, 3.05) is 0 Å². The minimum absolute atomic E-state index is 0. The standard InChI is InChI=1S/C17H22N4O.ClH/c18-16-4-1-3-14(16)11-17(22)19-12-13-5-7-15(8-6-13)21-10-2-9-20-21;/h2,5-10,14,16H,1,3-4,11-12,18H2,(H,19,22);1H/t14-,16+;/m0./s1. The summed E-state index contributed by atoms with van der Waals surface area (Å²) in [5, 5.41) is 7.17. The summed E-state index contributed by atoms with van der Waals surface area (Å²) in [4.78, 5) is 12.0. The summed E-state index contributed by atoms with van der Waals surface area (Å²) in [6.07, 6.45) is 7.48. The number of carbonyl (C=O) groups excluding carboxylic acids is 1. The largest absolute Gasteiger partial charge is 0.352 e. The number of benzene rings is 1. The zero-order valence-electron chi connectivity index (χ0n) is 13.0. The summed E-state index contributed by atoms with van der Waals surface area (Å²) >= 11 is 0. The molecule has 23 heavy (non-hydrogen) atoms. The van der Waals surface area contributed by atoms with Gasteiger partial charge in [0.2, 0.25) is 5.91 Å². The molecule has 2 aromatic rings. The van der Waals surface area contributed by atoms with Gasteiger partial charge in [0, 0.05) is 31.4 Å². The van der Waals surface area contributed by atoms with Crippen LogP contribution in [0.25, 0.3) is 5.69 Å². The zero-order chi connectivity index (χ0) is 15.4. The number of hydrogen-bond acceptors (Lipinski definition) is 3. The summed E-state index contributed by atoms with van der Waals surface area (Å²) in [5.74, 6) is 0.445. The van der Waals surface area contributed by atoms with Crippen molar-refractivity contribution in [3.63, 3.8) is 0 Å². The molecule has 3 N–H and O–H groups in total. The van der Waals surface area contributed by atoms with E-state index < -0.39 is 0 Å². The molecule has 1 aromatic carbocycles. The molecule has 2 atom stereocenters. The third-order valence-electron chi connectivity index (χ3n) is 4.36. The Hall–Kier alpha value is -1.85. The number of nitrogens with one attached hydrogen (secondary N) is 1. The van der Waals surface area contributed by atoms with Crippen molar-refractivity contribution >= 4 is 18.3 Å². The minimum atomic E-state index is 0. The molecule has 1 saturated carbocycles. The van der Waals surface area contributed by atoms with Crippen molar-refractivity contribution < 1.29 is 4.79 Å². The lowest BCUT2D eigenvalue weighted by Crippen LogP contribution is -2.31. The molecule has 1 aliphatic carbocycles. The molecule has 0 unspecified atom stereocenters. The molecule has 5 nitrogen and oxygen atoms in total. The van der Waals surface area contributed by atoms with Crippen LogP contribution in [0.3, 0.4) is 0 Å². The van der Waals surface area contributed by atoms with Gasteiger partial charge in [-0.25, -0.2) is 4.68 Å². The second-order valence-electron chi connectivity index (χ2n) is 5.95. The average Bonchev–Trinajstić information content (AvgIpc) is 3.18. The Kier molecular flexibility index (Phi) is 6.19. The number of aromatic nitrogens is 2. The van der Waals surface area contributed by atoms with Gasteiger partial charge >= 0.3 is 0 Å². The molecule has 0 saturated heterocycles. The van der Waals surface area contributed by atoms with Gasteiger partial charge in [-0.15, -0.1) is 12.4 Å². The van der Waals surface area contributed by atoms with Gasteiger partial charge < -0.3 is 11.1 Å². The second-order valence-corrected chi connectivity index (χ2v) is 5.95. The molecule has 1 heterocycles. The van der Waals surface area contributed by atoms with E-state index >= 15 is 0 Å². The van der Waals surface area contributed by atoms with Crippen LogP contribution in [0.1, 0.15) is 31.2 Å². The highest BCUT2D eigenvalue weighted by atomic mass is 35.5. The third-order valence-corrected chi connectivity index (χ3v) is 4.36. The summed E-state index contributed by atoms with van der Waals surface area (Å²) in [5.41, 5.74) is 8.10. The highest BCUT2D eigenvalue weighted by Crippen LogP contribution is 2.26. The number of nitrogens with zero attached hydrogens (tertiary/aromatic N) is 2. The van der Waals surface area contributed by atoms with Crippen LogP contribution >= 0.6 is 12.4 Å². The molecule has 0 spiro atoms. The molecule has 3 rings (SSSR count). The van der Waals surface area contributed by atoms with Crippen LogP contribution in [0, 0.1) is 5.92 Å². The van der Waals surface area contributed by atoms with Gasteiger partial charge in [-0.1, -0.05) is 18.6 Å². The van der Waals surface area contributed by atoms with Crippen LogP contribution in [0.2, 0.25) is 0 Å². The summed E-state index contributed by atoms with van der Waals surface area (Å²) in [7, 11) is 0. The molecular weight excluding hydrogens is 312 g/mol. The molecule has 124 valence electrons. The minimum Gasteiger partial charge on any atom is -0.352 e. The molecule has 6 heteroatoms. The van der Waals surface area contributed by atoms with E-state index in [1.807, 2.05) is 41.2 Å². The van der Waals surface area contributed by atoms with Gasteiger partial charge in [-0.2, -0.15) is 5.10 Å². The topological polar surface area (TPSA) is 72.9 Å². The molecular formula is C17H23ClN4O. The van der Waals surface area contributed by atoms with E-state index in [4.69, 9.17) is 5.73 Å². The van der Waals surface area contributed by atoms with Crippen molar-refractivity contribution in [1.29, 1.82) is 0 Å². The van der Waals surface area contributed by atoms with Gasteiger partial charge in [-0.3, -0.25) is 4.79 Å². The number of halogens is 1. The van der Waals surface area contributed by atoms with Crippen LogP contribution in [-0.4, -0.2) is 21.7 Å². The number of rotatable bonds is 5. The van der Waals surface area contributed by atoms with Crippen LogP contribution in [-0.2, 0) is 11.3 Å². The van der Waals surface area contributed by atoms with Gasteiger partial charge in [-0.05, 0) is 42.5 Å². The molecule has 0 bridgehead atoms. The Morgan fingerprint density at radius 3 is 2.70 bits per heavy atom. The average molecular weight is 335 g/mol. The van der Waals surface area contributed by atoms with E-state index in [1.165, 1.54) is 0 Å². The Labute approximate surface area is 142 Å². The number of nitrogens with two attached hydrogens (primary N) is 1. The quantitative estimate of drug-likeness (QED) is 0.882. The van der Waals surface area contributed by atoms with E-state index in [-0.39, 0.29) is 24.4 Å². The van der Waals surface area contributed by atoms with Crippen molar-refractivity contribution in [3.05, 3.63) is 48.3 Å². The molecule has 1 fully saturated rings. The lowest BCUT2D eigenvalue weighted by atomic mass is 10.00. The SMILES string of the molecule is Cl.N[C@@H]1CCC[C@H]1CC(=O)NCc1ccc(-n2cccn2)cc1. The lowest BCUT2D eigenvalue weighted by Gasteiger charge is -2.14. The molecule has 0 radical (unpaired) electrons. The Balaban J connectivity index is 0.00000192. The van der Waals surface area contributed by atoms with Crippen LogP contribution in [0.4, 0.5) is 0 Å². The number of hydrogen-bond donors (Lipinski definition) is 2. The van der Waals surface area contributed by atoms with Crippen molar-refractivity contribution in [3.8, 4) is 5.69 Å². The third kappa shape index (κ3) is 4.56. The first-order chi connectivity index (χ1) is 10.7. The fourth-order valence-electron chi connectivity index (χ4n) is 3.02. The lowest BCUT2D eigenvalue weighted by molar-refractivity contribution is -0.122. The van der Waals surface area contributed by atoms with E-state index in [0.717, 1.165) is 30.5 Å². The van der Waals surface area contributed by atoms with E-state index in [0.29, 0.717) is 18.9 Å². The van der Waals surface area contributed by atoms with Crippen LogP contribution in [0.15, 0.2) is 42.7 Å². The predicted molar refractivity (Wildman–Crippen MR) is 92.6 cm³/mol. The normalized spacial score (nSPS) is 20.0. The predicted octanol–water partition coefficient (Wildman–Crippen LogP) is 2.43. The maximum atomic E-state index is 12.0. The van der Waals surface area contributed by atoms with Crippen molar-refractivity contribution in [1.82, 2.24) is 15.1 Å². The van der Waals surface area contributed by atoms with Crippen molar-refractivity contribution in [2.45, 2.75) is 38.3 Å². The highest BCUT2D eigenvalue weighted by molar-refractivity contribution is 5.85. The molecule has 1 aliphatic rings. The van der Waals surface area contributed by atoms with Gasteiger partial charge in [0.1, 0.15) is 0 Å². The first-order valence-electron chi connectivity index (χ1n) is 7.83. The number of carbonyl (C=O) groups is 1. The summed E-state index contributed by atoms with van der Waals surface area (Å²) in [6.45, 7) is 0.556. The number of amides is 1. The highest BCUT2D eigenvalue weighted by Gasteiger charge is 2.25. The van der Waals surface area contributed by atoms with Gasteiger partial charge in [0.25, 0.3) is 0 Å². The van der Waals surface area contributed by atoms with Crippen molar-refractivity contribution in [2.24, 2.45) is 11.7 Å². The Morgan fingerprint density at radius 1 is 1.30 bits per heavy atom. The summed E-state index contributed by atoms with van der Waals surface area (Å²) < 4.78 is 1.81. The fraction of sp³-hybridized carbons (Fsp3) is 0.412. The van der Waals surface area contributed by atoms with Gasteiger partial charge in [0.05, 0.1) is 5.69 Å². The van der Waals surface area contributed by atoms with Crippen LogP contribution in [0.5, 0.6) is 0 Å². The van der Waals surface area contributed by atoms with E-state index in [9.17, 15) is 4.79 Å². The maximum Gasteiger partial charge on any atom is 0.220 e. The monoisotopic (exact) mass is 334 g/mol. The smallest absolute Gasteiger partial charge is 0.220 e. The van der Waals surface area contributed by atoms with E-state index in [2.05, 4.69) is 10.4 Å². The maximum absolute atomic E-state index is 12.0. The Morgan fingerprint density at radius 2 is 2.09 bits per heavy atom. The Bertz CT molecular complexity index is 612. The fourth-order valence-corrected chi connectivity index (χ4v) is 3.02.